The molecule has 35 heavy (non-hydrogen) atoms. The third-order valence-electron chi connectivity index (χ3n) is 6.35. The van der Waals surface area contributed by atoms with E-state index in [0.717, 1.165) is 12.1 Å². The Morgan fingerprint density at radius 1 is 0.343 bits per heavy atom. The van der Waals surface area contributed by atoms with Crippen LogP contribution in [0.2, 0.25) is 0 Å². The molecular formula is C32H29BP2. The summed E-state index contributed by atoms with van der Waals surface area (Å²) in [4.78, 5) is 0. The highest BCUT2D eigenvalue weighted by molar-refractivity contribution is 7.77. The quantitative estimate of drug-likeness (QED) is 0.184. The predicted octanol–water partition coefficient (Wildman–Crippen LogP) is 5.73. The van der Waals surface area contributed by atoms with E-state index >= 15 is 0 Å². The largest absolute Gasteiger partial charge is 0.185 e. The molecule has 170 valence electrons. The Morgan fingerprint density at radius 3 is 0.886 bits per heavy atom. The van der Waals surface area contributed by atoms with Crippen LogP contribution in [0.25, 0.3) is 0 Å². The molecule has 0 unspecified atom stereocenters. The molecule has 0 N–H and O–H groups in total. The Kier molecular flexibility index (Phi) is 8.23. The van der Waals surface area contributed by atoms with Gasteiger partial charge in [0.15, 0.2) is 6.71 Å². The van der Waals surface area contributed by atoms with Crippen LogP contribution in [0.3, 0.4) is 0 Å². The van der Waals surface area contributed by atoms with Crippen molar-refractivity contribution in [3.05, 3.63) is 152 Å². The van der Waals surface area contributed by atoms with E-state index in [1.165, 1.54) is 26.7 Å². The van der Waals surface area contributed by atoms with Crippen LogP contribution in [-0.4, -0.2) is 18.8 Å². The molecule has 0 aliphatic rings. The van der Waals surface area contributed by atoms with E-state index in [1.54, 1.807) is 0 Å². The molecule has 0 atom stereocenters. The maximum Gasteiger partial charge on any atom is 0.185 e. The molecule has 0 fully saturated rings. The van der Waals surface area contributed by atoms with Gasteiger partial charge < -0.3 is 0 Å². The Morgan fingerprint density at radius 2 is 0.600 bits per heavy atom. The third-order valence-corrected chi connectivity index (χ3v) is 11.6. The van der Waals surface area contributed by atoms with Crippen molar-refractivity contribution >= 4 is 49.2 Å². The normalized spacial score (nSPS) is 11.0. The molecule has 5 aromatic carbocycles. The maximum absolute atomic E-state index is 2.33. The van der Waals surface area contributed by atoms with Crippen molar-refractivity contribution in [3.8, 4) is 0 Å². The van der Waals surface area contributed by atoms with Crippen molar-refractivity contribution in [1.29, 1.82) is 0 Å². The van der Waals surface area contributed by atoms with E-state index in [4.69, 9.17) is 0 Å². The van der Waals surface area contributed by atoms with Gasteiger partial charge in [-0.2, -0.15) is 0 Å². The lowest BCUT2D eigenvalue weighted by Crippen LogP contribution is -2.41. The Bertz CT molecular complexity index is 1120. The summed E-state index contributed by atoms with van der Waals surface area (Å²) in [6.45, 7) is 0.467. The van der Waals surface area contributed by atoms with Gasteiger partial charge in [-0.1, -0.05) is 173 Å². The number of hydrogen-bond acceptors (Lipinski definition) is 0. The topological polar surface area (TPSA) is 0 Å². The summed E-state index contributed by atoms with van der Waals surface area (Å²) < 4.78 is 0. The van der Waals surface area contributed by atoms with Crippen molar-refractivity contribution in [1.82, 2.24) is 0 Å². The van der Waals surface area contributed by atoms with E-state index in [-0.39, 0.29) is 0 Å². The minimum absolute atomic E-state index is 0.467. The maximum atomic E-state index is 2.33. The van der Waals surface area contributed by atoms with Gasteiger partial charge in [0.1, 0.15) is 0 Å². The first-order valence-corrected chi connectivity index (χ1v) is 15.2. The van der Waals surface area contributed by atoms with Crippen molar-refractivity contribution in [2.75, 3.05) is 12.1 Å². The molecule has 5 rings (SSSR count). The first-order valence-electron chi connectivity index (χ1n) is 12.2. The molecule has 0 nitrogen and oxygen atoms in total. The molecule has 0 bridgehead atoms. The van der Waals surface area contributed by atoms with Gasteiger partial charge >= 0.3 is 0 Å². The van der Waals surface area contributed by atoms with Crippen molar-refractivity contribution < 1.29 is 0 Å². The number of rotatable bonds is 9. The average Bonchev–Trinajstić information content (AvgIpc) is 2.95. The van der Waals surface area contributed by atoms with Gasteiger partial charge in [0.25, 0.3) is 0 Å². The molecule has 5 aromatic rings. The van der Waals surface area contributed by atoms with Crippen LogP contribution in [0, 0.1) is 0 Å². The fourth-order valence-corrected chi connectivity index (χ4v) is 9.92. The molecule has 0 radical (unpaired) electrons. The zero-order valence-corrected chi connectivity index (χ0v) is 21.6. The minimum atomic E-state index is -0.472. The first-order chi connectivity index (χ1) is 17.4. The zero-order chi connectivity index (χ0) is 23.7. The molecule has 0 amide bonds. The second-order valence-electron chi connectivity index (χ2n) is 8.67. The number of hydrogen-bond donors (Lipinski definition) is 0. The van der Waals surface area contributed by atoms with Gasteiger partial charge in [-0.25, -0.2) is 0 Å². The second kappa shape index (κ2) is 12.1. The molecule has 0 aliphatic heterocycles. The van der Waals surface area contributed by atoms with Crippen molar-refractivity contribution in [2.45, 2.75) is 0 Å². The SMILES string of the molecule is c1ccc(B(CP(c2ccccc2)c2ccccc2)CP(c2ccccc2)c2ccccc2)cc1. The molecule has 0 saturated carbocycles. The number of benzene rings is 5. The van der Waals surface area contributed by atoms with E-state index in [1.807, 2.05) is 0 Å². The van der Waals surface area contributed by atoms with Gasteiger partial charge in [-0.3, -0.25) is 0 Å². The highest BCUT2D eigenvalue weighted by Crippen LogP contribution is 2.39. The van der Waals surface area contributed by atoms with Gasteiger partial charge in [0.2, 0.25) is 0 Å². The van der Waals surface area contributed by atoms with Crippen LogP contribution in [0.5, 0.6) is 0 Å². The van der Waals surface area contributed by atoms with E-state index < -0.39 is 15.8 Å². The molecule has 0 saturated heterocycles. The third kappa shape index (κ3) is 6.18. The predicted molar refractivity (Wildman–Crippen MR) is 160 cm³/mol. The molecule has 0 spiro atoms. The average molecular weight is 486 g/mol. The summed E-state index contributed by atoms with van der Waals surface area (Å²) in [6, 6.07) is 58.0. The van der Waals surface area contributed by atoms with Gasteiger partial charge in [0.05, 0.1) is 0 Å². The van der Waals surface area contributed by atoms with Crippen LogP contribution in [0.15, 0.2) is 152 Å². The Balaban J connectivity index is 1.55. The fourth-order valence-electron chi connectivity index (χ4n) is 4.59. The van der Waals surface area contributed by atoms with Gasteiger partial charge in [-0.15, -0.1) is 0 Å². The van der Waals surface area contributed by atoms with Crippen LogP contribution >= 0.6 is 15.8 Å². The van der Waals surface area contributed by atoms with Gasteiger partial charge in [-0.05, 0) is 33.3 Å². The lowest BCUT2D eigenvalue weighted by atomic mass is 9.48. The van der Waals surface area contributed by atoms with Crippen LogP contribution in [0.1, 0.15) is 0 Å². The Hall–Kier alpha value is -2.98. The smallest absolute Gasteiger partial charge is 0.0793 e. The van der Waals surface area contributed by atoms with Crippen molar-refractivity contribution in [2.24, 2.45) is 0 Å². The molecule has 3 heteroatoms. The van der Waals surface area contributed by atoms with Gasteiger partial charge in [0, 0.05) is 0 Å². The van der Waals surface area contributed by atoms with Crippen LogP contribution < -0.4 is 26.7 Å². The summed E-state index contributed by atoms with van der Waals surface area (Å²) in [5.74, 6) is 0. The fraction of sp³-hybridized carbons (Fsp3) is 0.0625. The molecular weight excluding hydrogens is 457 g/mol. The lowest BCUT2D eigenvalue weighted by Gasteiger charge is -2.27. The standard InChI is InChI=1S/C32H29BP2/c1-6-16-28(17-7-1)33(26-34(29-18-8-2-9-19-29)30-20-10-3-11-21-30)27-35(31-22-12-4-13-23-31)32-24-14-5-15-25-32/h1-25H,26-27H2. The van der Waals surface area contributed by atoms with Crippen LogP contribution in [0.4, 0.5) is 0 Å². The monoisotopic (exact) mass is 486 g/mol. The van der Waals surface area contributed by atoms with E-state index in [2.05, 4.69) is 152 Å². The molecule has 0 heterocycles. The summed E-state index contributed by atoms with van der Waals surface area (Å²) in [7, 11) is -0.944. The zero-order valence-electron chi connectivity index (χ0n) is 19.8. The van der Waals surface area contributed by atoms with Crippen LogP contribution in [-0.2, 0) is 0 Å². The first kappa shape index (κ1) is 23.8. The summed E-state index contributed by atoms with van der Waals surface area (Å²) >= 11 is 0. The second-order valence-corrected chi connectivity index (χ2v) is 13.2. The minimum Gasteiger partial charge on any atom is -0.0793 e. The van der Waals surface area contributed by atoms with E-state index in [9.17, 15) is 0 Å². The molecule has 0 aromatic heterocycles. The lowest BCUT2D eigenvalue weighted by molar-refractivity contribution is 1.69. The molecule has 0 aliphatic carbocycles. The van der Waals surface area contributed by atoms with Crippen molar-refractivity contribution in [3.63, 3.8) is 0 Å². The Labute approximate surface area is 212 Å². The highest BCUT2D eigenvalue weighted by atomic mass is 31.1. The van der Waals surface area contributed by atoms with E-state index in [0.29, 0.717) is 6.71 Å². The summed E-state index contributed by atoms with van der Waals surface area (Å²) in [6.07, 6.45) is 0. The summed E-state index contributed by atoms with van der Waals surface area (Å²) in [5.41, 5.74) is 1.45. The highest BCUT2D eigenvalue weighted by Gasteiger charge is 2.28. The summed E-state index contributed by atoms with van der Waals surface area (Å²) in [5, 5.41) is 5.83.